The van der Waals surface area contributed by atoms with Crippen LogP contribution in [0.25, 0.3) is 0 Å². The van der Waals surface area contributed by atoms with Crippen LogP contribution in [0.2, 0.25) is 0 Å². The van der Waals surface area contributed by atoms with E-state index in [9.17, 15) is 0 Å². The van der Waals surface area contributed by atoms with Crippen LogP contribution in [0, 0.1) is 6.54 Å². The lowest BCUT2D eigenvalue weighted by Crippen LogP contribution is -1.98. The number of hydrogen-bond donors (Lipinski definition) is 0. The van der Waals surface area contributed by atoms with Crippen molar-refractivity contribution in [2.75, 3.05) is 0 Å². The van der Waals surface area contributed by atoms with E-state index in [1.807, 2.05) is 27.9 Å². The molecule has 0 aliphatic rings. The van der Waals surface area contributed by atoms with Crippen molar-refractivity contribution >= 4 is 0 Å². The molecule has 0 saturated heterocycles. The van der Waals surface area contributed by atoms with Crippen molar-refractivity contribution in [2.45, 2.75) is 13.0 Å². The second kappa shape index (κ2) is 3.89. The molecule has 2 aromatic heterocycles. The van der Waals surface area contributed by atoms with E-state index in [-0.39, 0.29) is 0 Å². The Morgan fingerprint density at radius 2 is 1.92 bits per heavy atom. The zero-order valence-electron chi connectivity index (χ0n) is 7.24. The van der Waals surface area contributed by atoms with E-state index in [0.717, 1.165) is 13.0 Å². The summed E-state index contributed by atoms with van der Waals surface area (Å²) in [5.41, 5.74) is 0. The van der Waals surface area contributed by atoms with Crippen LogP contribution in [0.15, 0.2) is 37.4 Å². The molecule has 0 N–H and O–H groups in total. The third-order valence-corrected chi connectivity index (χ3v) is 1.81. The first kappa shape index (κ1) is 8.04. The maximum atomic E-state index is 3.97. The van der Waals surface area contributed by atoms with Crippen molar-refractivity contribution in [3.05, 3.63) is 44.0 Å². The van der Waals surface area contributed by atoms with Crippen LogP contribution in [-0.4, -0.2) is 19.1 Å². The molecule has 1 radical (unpaired) electrons. The van der Waals surface area contributed by atoms with Gasteiger partial charge in [0.2, 0.25) is 0 Å². The van der Waals surface area contributed by atoms with E-state index in [0.29, 0.717) is 0 Å². The third-order valence-electron chi connectivity index (χ3n) is 1.81. The molecular weight excluding hydrogens is 164 g/mol. The van der Waals surface area contributed by atoms with Crippen molar-refractivity contribution in [1.29, 1.82) is 0 Å². The van der Waals surface area contributed by atoms with Gasteiger partial charge >= 0.3 is 0 Å². The second-order valence-corrected chi connectivity index (χ2v) is 2.78. The molecule has 0 atom stereocenters. The minimum atomic E-state index is 0.957. The predicted octanol–water partition coefficient (Wildman–Crippen LogP) is 1.18. The highest BCUT2D eigenvalue weighted by Crippen LogP contribution is 1.96. The molecule has 0 amide bonds. The van der Waals surface area contributed by atoms with E-state index in [2.05, 4.69) is 16.5 Å². The van der Waals surface area contributed by atoms with Crippen LogP contribution in [0.3, 0.4) is 0 Å². The second-order valence-electron chi connectivity index (χ2n) is 2.78. The van der Waals surface area contributed by atoms with E-state index >= 15 is 0 Å². The lowest BCUT2D eigenvalue weighted by Gasteiger charge is -2.01. The summed E-state index contributed by atoms with van der Waals surface area (Å²) in [6, 6.07) is 0. The van der Waals surface area contributed by atoms with Gasteiger partial charge < -0.3 is 9.13 Å². The minimum absolute atomic E-state index is 0.957. The fourth-order valence-corrected chi connectivity index (χ4v) is 1.15. The van der Waals surface area contributed by atoms with Crippen LogP contribution in [0.1, 0.15) is 6.42 Å². The first-order valence-corrected chi connectivity index (χ1v) is 4.21. The van der Waals surface area contributed by atoms with Crippen molar-refractivity contribution in [2.24, 2.45) is 0 Å². The number of aromatic nitrogens is 4. The van der Waals surface area contributed by atoms with Gasteiger partial charge in [-0.1, -0.05) is 0 Å². The largest absolute Gasteiger partial charge is 0.337 e. The fraction of sp³-hybridized carbons (Fsp3) is 0.222. The average molecular weight is 175 g/mol. The molecule has 0 spiro atoms. The fourth-order valence-electron chi connectivity index (χ4n) is 1.15. The molecule has 0 saturated carbocycles. The van der Waals surface area contributed by atoms with Gasteiger partial charge in [-0.2, -0.15) is 0 Å². The average Bonchev–Trinajstić information content (AvgIpc) is 2.75. The summed E-state index contributed by atoms with van der Waals surface area (Å²) < 4.78 is 4.00. The lowest BCUT2D eigenvalue weighted by atomic mass is 10.4. The van der Waals surface area contributed by atoms with Crippen LogP contribution in [0.5, 0.6) is 0 Å². The van der Waals surface area contributed by atoms with Gasteiger partial charge in [0.15, 0.2) is 0 Å². The minimum Gasteiger partial charge on any atom is -0.337 e. The molecule has 4 heteroatoms. The van der Waals surface area contributed by atoms with E-state index in [4.69, 9.17) is 0 Å². The Balaban J connectivity index is 1.76. The first-order valence-electron chi connectivity index (χ1n) is 4.21. The monoisotopic (exact) mass is 175 g/mol. The number of imidazole rings is 2. The Bertz CT molecular complexity index is 288. The molecule has 2 rings (SSSR count). The topological polar surface area (TPSA) is 35.6 Å². The molecule has 4 nitrogen and oxygen atoms in total. The van der Waals surface area contributed by atoms with Gasteiger partial charge in [-0.25, -0.2) is 9.97 Å². The molecular formula is C9H11N4. The Hall–Kier alpha value is -1.58. The Kier molecular flexibility index (Phi) is 2.40. The lowest BCUT2D eigenvalue weighted by molar-refractivity contribution is 0.660. The molecule has 0 aromatic carbocycles. The molecule has 0 aliphatic carbocycles. The summed E-state index contributed by atoms with van der Waals surface area (Å²) in [6.07, 6.45) is 12.0. The number of nitrogens with zero attached hydrogens (tertiary/aromatic N) is 4. The molecule has 0 fully saturated rings. The Labute approximate surface area is 76.9 Å². The van der Waals surface area contributed by atoms with E-state index in [1.165, 1.54) is 0 Å². The van der Waals surface area contributed by atoms with Crippen LogP contribution < -0.4 is 0 Å². The first-order chi connectivity index (χ1) is 6.45. The van der Waals surface area contributed by atoms with Gasteiger partial charge in [0.05, 0.1) is 19.2 Å². The van der Waals surface area contributed by atoms with Crippen LogP contribution in [0.4, 0.5) is 0 Å². The highest BCUT2D eigenvalue weighted by atomic mass is 15.0. The van der Waals surface area contributed by atoms with Crippen molar-refractivity contribution < 1.29 is 0 Å². The zero-order valence-corrected chi connectivity index (χ0v) is 7.24. The summed E-state index contributed by atoms with van der Waals surface area (Å²) in [7, 11) is 0. The summed E-state index contributed by atoms with van der Waals surface area (Å²) in [6.45, 7) is 3.05. The third kappa shape index (κ3) is 2.18. The number of rotatable bonds is 4. The Morgan fingerprint density at radius 1 is 1.08 bits per heavy atom. The van der Waals surface area contributed by atoms with Crippen molar-refractivity contribution in [3.63, 3.8) is 0 Å². The van der Waals surface area contributed by atoms with Gasteiger partial charge in [0, 0.05) is 31.3 Å². The molecule has 67 valence electrons. The van der Waals surface area contributed by atoms with Crippen LogP contribution in [-0.2, 0) is 6.54 Å². The highest BCUT2D eigenvalue weighted by molar-refractivity contribution is 4.83. The molecule has 13 heavy (non-hydrogen) atoms. The Morgan fingerprint density at radius 3 is 2.62 bits per heavy atom. The summed E-state index contributed by atoms with van der Waals surface area (Å²) in [5.74, 6) is 0. The standard InChI is InChI=1S/C9H11N4/c1(4-12-6-2-10-8-12)5-13-7-3-11-9-13/h2-4,6-9H,1,5H2. The maximum absolute atomic E-state index is 3.97. The summed E-state index contributed by atoms with van der Waals surface area (Å²) >= 11 is 0. The molecule has 0 unspecified atom stereocenters. The molecule has 2 heterocycles. The SMILES string of the molecule is [CH](CCn1ccnc1)n1ccnc1. The van der Waals surface area contributed by atoms with E-state index in [1.54, 1.807) is 18.7 Å². The molecule has 0 bridgehead atoms. The van der Waals surface area contributed by atoms with Gasteiger partial charge in [-0.05, 0) is 6.42 Å². The maximum Gasteiger partial charge on any atom is 0.0949 e. The van der Waals surface area contributed by atoms with Crippen LogP contribution >= 0.6 is 0 Å². The normalized spacial score (nSPS) is 10.5. The van der Waals surface area contributed by atoms with Gasteiger partial charge in [-0.3, -0.25) is 0 Å². The number of aryl methyl sites for hydroxylation is 1. The van der Waals surface area contributed by atoms with Crippen molar-refractivity contribution in [3.8, 4) is 0 Å². The van der Waals surface area contributed by atoms with Gasteiger partial charge in [-0.15, -0.1) is 0 Å². The smallest absolute Gasteiger partial charge is 0.0949 e. The molecule has 0 aliphatic heterocycles. The molecule has 2 aromatic rings. The van der Waals surface area contributed by atoms with E-state index < -0.39 is 0 Å². The summed E-state index contributed by atoms with van der Waals surface area (Å²) in [5, 5.41) is 0. The number of hydrogen-bond acceptors (Lipinski definition) is 2. The van der Waals surface area contributed by atoms with Crippen molar-refractivity contribution in [1.82, 2.24) is 19.1 Å². The zero-order chi connectivity index (χ0) is 8.93. The van der Waals surface area contributed by atoms with Gasteiger partial charge in [0.1, 0.15) is 0 Å². The van der Waals surface area contributed by atoms with Gasteiger partial charge in [0.25, 0.3) is 0 Å². The predicted molar refractivity (Wildman–Crippen MR) is 48.8 cm³/mol. The summed E-state index contributed by atoms with van der Waals surface area (Å²) in [4.78, 5) is 7.92. The quantitative estimate of drug-likeness (QED) is 0.699. The highest BCUT2D eigenvalue weighted by Gasteiger charge is 1.92.